The zero-order valence-electron chi connectivity index (χ0n) is 31.2. The van der Waals surface area contributed by atoms with Crippen LogP contribution in [0.25, 0.3) is 105 Å². The number of nitrogens with zero attached hydrogens (tertiary/aromatic N) is 2. The lowest BCUT2D eigenvalue weighted by atomic mass is 9.84. The maximum Gasteiger partial charge on any atom is 0.0645 e. The van der Waals surface area contributed by atoms with Crippen molar-refractivity contribution in [2.45, 2.75) is 0 Å². The van der Waals surface area contributed by atoms with E-state index in [4.69, 9.17) is 4.98 Å². The van der Waals surface area contributed by atoms with E-state index in [0.717, 1.165) is 16.9 Å². The summed E-state index contributed by atoms with van der Waals surface area (Å²) < 4.78 is 2.30. The molecule has 0 atom stereocenters. The van der Waals surface area contributed by atoms with E-state index >= 15 is 0 Å². The first kappa shape index (κ1) is 32.8. The van der Waals surface area contributed by atoms with E-state index in [1.807, 2.05) is 6.20 Å². The van der Waals surface area contributed by atoms with Crippen LogP contribution in [0.1, 0.15) is 11.3 Å². The summed E-state index contributed by atoms with van der Waals surface area (Å²) in [6, 6.07) is 72.4. The average Bonchev–Trinajstić information content (AvgIpc) is 3.62. The van der Waals surface area contributed by atoms with Crippen molar-refractivity contribution in [3.8, 4) is 39.1 Å². The van der Waals surface area contributed by atoms with Crippen LogP contribution in [0.3, 0.4) is 0 Å². The lowest BCUT2D eigenvalue weighted by Gasteiger charge is -2.19. The number of hydrogen-bond donors (Lipinski definition) is 0. The Morgan fingerprint density at radius 2 is 0.842 bits per heavy atom. The van der Waals surface area contributed by atoms with Crippen LogP contribution >= 0.6 is 0 Å². The standard InChI is InChI=1S/C55H36N2/c1-2-14-44-40(12-1)13-11-21-47(44)55-50-19-5-3-17-48(50)54(49-18-4-6-20-51(49)55)41-31-29-39(30-32-41)38-27-24-37(25-28-38)26-33-42-34-35-43(36-56-42)57-52-22-9-7-15-45(52)46-16-8-10-23-53(46)57/h1-36H. The molecule has 0 amide bonds. The van der Waals surface area contributed by atoms with Crippen molar-refractivity contribution in [1.82, 2.24) is 9.55 Å². The van der Waals surface area contributed by atoms with Crippen molar-refractivity contribution >= 4 is 66.3 Å². The molecular formula is C55H36N2. The highest BCUT2D eigenvalue weighted by molar-refractivity contribution is 6.23. The molecule has 11 aromatic rings. The van der Waals surface area contributed by atoms with Gasteiger partial charge in [-0.2, -0.15) is 0 Å². The van der Waals surface area contributed by atoms with Crippen molar-refractivity contribution in [3.05, 3.63) is 218 Å². The van der Waals surface area contributed by atoms with Gasteiger partial charge in [0, 0.05) is 10.8 Å². The summed E-state index contributed by atoms with van der Waals surface area (Å²) in [6.45, 7) is 0. The predicted octanol–water partition coefficient (Wildman–Crippen LogP) is 14.8. The fraction of sp³-hybridized carbons (Fsp3) is 0. The van der Waals surface area contributed by atoms with E-state index in [1.54, 1.807) is 0 Å². The summed E-state index contributed by atoms with van der Waals surface area (Å²) in [6.07, 6.45) is 6.18. The fourth-order valence-corrected chi connectivity index (χ4v) is 8.80. The number of para-hydroxylation sites is 2. The van der Waals surface area contributed by atoms with E-state index in [9.17, 15) is 0 Å². The quantitative estimate of drug-likeness (QED) is 0.156. The summed E-state index contributed by atoms with van der Waals surface area (Å²) in [5, 5.41) is 10.1. The Labute approximate surface area is 331 Å². The molecule has 0 bridgehead atoms. The SMILES string of the molecule is C(=Cc1ccc(-n2c3ccccc3c3ccccc32)cn1)c1ccc(-c2ccc(-c3c4ccccc4c(-c4cccc5ccccc45)c4ccccc34)cc2)cc1. The van der Waals surface area contributed by atoms with Gasteiger partial charge in [0.15, 0.2) is 0 Å². The maximum absolute atomic E-state index is 4.82. The Morgan fingerprint density at radius 3 is 1.44 bits per heavy atom. The largest absolute Gasteiger partial charge is 0.308 e. The number of pyridine rings is 1. The van der Waals surface area contributed by atoms with Gasteiger partial charge in [-0.3, -0.25) is 4.98 Å². The monoisotopic (exact) mass is 724 g/mol. The topological polar surface area (TPSA) is 17.8 Å². The lowest BCUT2D eigenvalue weighted by molar-refractivity contribution is 1.13. The molecule has 9 aromatic carbocycles. The molecule has 266 valence electrons. The molecule has 2 nitrogen and oxygen atoms in total. The Bertz CT molecular complexity index is 3200. The number of hydrogen-bond acceptors (Lipinski definition) is 1. The molecule has 0 saturated heterocycles. The third kappa shape index (κ3) is 5.61. The number of aromatic nitrogens is 2. The minimum atomic E-state index is 0.921. The summed E-state index contributed by atoms with van der Waals surface area (Å²) in [7, 11) is 0. The number of rotatable bonds is 6. The average molecular weight is 725 g/mol. The van der Waals surface area contributed by atoms with Crippen LogP contribution in [0.4, 0.5) is 0 Å². The van der Waals surface area contributed by atoms with Gasteiger partial charge in [-0.1, -0.05) is 182 Å². The second kappa shape index (κ2) is 13.6. The Hall–Kier alpha value is -7.55. The van der Waals surface area contributed by atoms with E-state index in [0.29, 0.717) is 0 Å². The van der Waals surface area contributed by atoms with Crippen LogP contribution in [-0.4, -0.2) is 9.55 Å². The van der Waals surface area contributed by atoms with E-state index in [1.165, 1.54) is 87.5 Å². The van der Waals surface area contributed by atoms with Gasteiger partial charge < -0.3 is 4.57 Å². The molecule has 57 heavy (non-hydrogen) atoms. The maximum atomic E-state index is 4.82. The number of benzene rings is 9. The van der Waals surface area contributed by atoms with Crippen LogP contribution in [0.15, 0.2) is 206 Å². The predicted molar refractivity (Wildman–Crippen MR) is 243 cm³/mol. The highest BCUT2D eigenvalue weighted by Crippen LogP contribution is 2.45. The van der Waals surface area contributed by atoms with Gasteiger partial charge in [0.05, 0.1) is 28.6 Å². The Balaban J connectivity index is 0.883. The van der Waals surface area contributed by atoms with Crippen LogP contribution in [-0.2, 0) is 0 Å². The molecule has 2 aromatic heterocycles. The first-order chi connectivity index (χ1) is 28.3. The van der Waals surface area contributed by atoms with Crippen molar-refractivity contribution in [3.63, 3.8) is 0 Å². The Kier molecular flexibility index (Phi) is 7.86. The molecule has 0 saturated carbocycles. The van der Waals surface area contributed by atoms with Crippen molar-refractivity contribution < 1.29 is 0 Å². The minimum Gasteiger partial charge on any atom is -0.308 e. The molecule has 2 heterocycles. The zero-order valence-corrected chi connectivity index (χ0v) is 31.2. The van der Waals surface area contributed by atoms with Crippen LogP contribution in [0.5, 0.6) is 0 Å². The lowest BCUT2D eigenvalue weighted by Crippen LogP contribution is -1.95. The summed E-state index contributed by atoms with van der Waals surface area (Å²) in [5.41, 5.74) is 12.9. The smallest absolute Gasteiger partial charge is 0.0645 e. The summed E-state index contributed by atoms with van der Waals surface area (Å²) >= 11 is 0. The molecule has 11 rings (SSSR count). The third-order valence-corrected chi connectivity index (χ3v) is 11.5. The third-order valence-electron chi connectivity index (χ3n) is 11.5. The van der Waals surface area contributed by atoms with Crippen molar-refractivity contribution in [2.24, 2.45) is 0 Å². The zero-order chi connectivity index (χ0) is 37.7. The molecule has 0 spiro atoms. The molecule has 0 aliphatic rings. The van der Waals surface area contributed by atoms with Gasteiger partial charge in [0.1, 0.15) is 0 Å². The van der Waals surface area contributed by atoms with E-state index in [-0.39, 0.29) is 0 Å². The molecule has 0 unspecified atom stereocenters. The van der Waals surface area contributed by atoms with Gasteiger partial charge >= 0.3 is 0 Å². The normalized spacial score (nSPS) is 11.8. The van der Waals surface area contributed by atoms with Crippen LogP contribution in [0, 0.1) is 0 Å². The van der Waals surface area contributed by atoms with Crippen molar-refractivity contribution in [1.29, 1.82) is 0 Å². The van der Waals surface area contributed by atoms with Gasteiger partial charge in [-0.25, -0.2) is 0 Å². The van der Waals surface area contributed by atoms with E-state index in [2.05, 4.69) is 217 Å². The van der Waals surface area contributed by atoms with Crippen LogP contribution < -0.4 is 0 Å². The van der Waals surface area contributed by atoms with Gasteiger partial charge in [-0.05, 0) is 102 Å². The van der Waals surface area contributed by atoms with Gasteiger partial charge in [0.2, 0.25) is 0 Å². The van der Waals surface area contributed by atoms with E-state index < -0.39 is 0 Å². The number of fused-ring (bicyclic) bond motifs is 6. The fourth-order valence-electron chi connectivity index (χ4n) is 8.80. The highest BCUT2D eigenvalue weighted by Gasteiger charge is 2.18. The van der Waals surface area contributed by atoms with Gasteiger partial charge in [-0.15, -0.1) is 0 Å². The highest BCUT2D eigenvalue weighted by atomic mass is 15.0. The second-order valence-electron chi connectivity index (χ2n) is 14.7. The molecule has 0 aliphatic carbocycles. The Morgan fingerprint density at radius 1 is 0.351 bits per heavy atom. The molecular weight excluding hydrogens is 689 g/mol. The first-order valence-corrected chi connectivity index (χ1v) is 19.5. The summed E-state index contributed by atoms with van der Waals surface area (Å²) in [4.78, 5) is 4.82. The summed E-state index contributed by atoms with van der Waals surface area (Å²) in [5.74, 6) is 0. The molecule has 0 aliphatic heterocycles. The molecule has 2 heteroatoms. The second-order valence-corrected chi connectivity index (χ2v) is 14.7. The molecule has 0 fully saturated rings. The first-order valence-electron chi connectivity index (χ1n) is 19.5. The minimum absolute atomic E-state index is 0.921. The van der Waals surface area contributed by atoms with Gasteiger partial charge in [0.25, 0.3) is 0 Å². The van der Waals surface area contributed by atoms with Crippen LogP contribution in [0.2, 0.25) is 0 Å². The van der Waals surface area contributed by atoms with Crippen molar-refractivity contribution in [2.75, 3.05) is 0 Å². The molecule has 0 radical (unpaired) electrons. The molecule has 0 N–H and O–H groups in total.